The fourth-order valence-electron chi connectivity index (χ4n) is 4.17. The Kier molecular flexibility index (Phi) is 5.82. The number of hydrogen-bond acceptors (Lipinski definition) is 5. The molecule has 2 heterocycles. The summed E-state index contributed by atoms with van der Waals surface area (Å²) in [4.78, 5) is 17.3. The highest BCUT2D eigenvalue weighted by atomic mass is 19.1. The topological polar surface area (TPSA) is 82.6 Å². The fourth-order valence-corrected chi connectivity index (χ4v) is 4.17. The van der Waals surface area contributed by atoms with Crippen molar-refractivity contribution in [3.63, 3.8) is 0 Å². The minimum Gasteiger partial charge on any atom is -0.445 e. The molecule has 0 spiro atoms. The molecule has 4 rings (SSSR count). The highest BCUT2D eigenvalue weighted by Crippen LogP contribution is 2.40. The number of benzene rings is 2. The van der Waals surface area contributed by atoms with Crippen molar-refractivity contribution >= 4 is 11.6 Å². The number of ether oxygens (including phenoxy) is 1. The van der Waals surface area contributed by atoms with Gasteiger partial charge in [0.25, 0.3) is 5.91 Å². The molecule has 2 aromatic carbocycles. The SMILES string of the molecule is CC1=C(C(=O)N2CCN(c3ccc(F)cc3)CC2)C(c2cccc(F)c2)C(C#N)=C(N)O1. The summed E-state index contributed by atoms with van der Waals surface area (Å²) in [5.74, 6) is -1.66. The number of rotatable bonds is 3. The number of amides is 1. The predicted octanol–water partition coefficient (Wildman–Crippen LogP) is 3.40. The van der Waals surface area contributed by atoms with Crippen LogP contribution >= 0.6 is 0 Å². The number of piperazine rings is 1. The number of carbonyl (C=O) groups is 1. The number of carbonyl (C=O) groups excluding carboxylic acids is 1. The first-order valence-electron chi connectivity index (χ1n) is 10.2. The van der Waals surface area contributed by atoms with E-state index in [2.05, 4.69) is 4.90 Å². The molecule has 164 valence electrons. The molecule has 1 atom stereocenters. The Balaban J connectivity index is 1.59. The number of nitrogens with zero attached hydrogens (tertiary/aromatic N) is 3. The second kappa shape index (κ2) is 8.71. The third kappa shape index (κ3) is 4.02. The van der Waals surface area contributed by atoms with E-state index in [9.17, 15) is 18.8 Å². The van der Waals surface area contributed by atoms with Crippen molar-refractivity contribution in [3.8, 4) is 6.07 Å². The van der Waals surface area contributed by atoms with Crippen molar-refractivity contribution in [2.45, 2.75) is 12.8 Å². The standard InChI is InChI=1S/C24H22F2N4O2/c1-15-21(22(20(14-27)23(28)32-15)16-3-2-4-18(26)13-16)24(31)30-11-9-29(10-12-30)19-7-5-17(25)6-8-19/h2-8,13,22H,9-12,28H2,1H3. The molecule has 32 heavy (non-hydrogen) atoms. The van der Waals surface area contributed by atoms with Crippen LogP contribution in [0.2, 0.25) is 0 Å². The molecular formula is C24H22F2N4O2. The molecule has 2 aliphatic heterocycles. The quantitative estimate of drug-likeness (QED) is 0.798. The van der Waals surface area contributed by atoms with Crippen LogP contribution in [0.15, 0.2) is 71.3 Å². The van der Waals surface area contributed by atoms with Gasteiger partial charge in [0, 0.05) is 31.9 Å². The zero-order valence-electron chi connectivity index (χ0n) is 17.5. The van der Waals surface area contributed by atoms with E-state index >= 15 is 0 Å². The van der Waals surface area contributed by atoms with Gasteiger partial charge in [-0.05, 0) is 48.9 Å². The number of hydrogen-bond donors (Lipinski definition) is 1. The minimum absolute atomic E-state index is 0.0782. The van der Waals surface area contributed by atoms with Crippen molar-refractivity contribution < 1.29 is 18.3 Å². The lowest BCUT2D eigenvalue weighted by molar-refractivity contribution is -0.128. The second-order valence-electron chi connectivity index (χ2n) is 7.71. The van der Waals surface area contributed by atoms with Crippen LogP contribution < -0.4 is 10.6 Å². The Labute approximate surface area is 184 Å². The monoisotopic (exact) mass is 436 g/mol. The van der Waals surface area contributed by atoms with Crippen LogP contribution in [0, 0.1) is 23.0 Å². The Morgan fingerprint density at radius 1 is 1.09 bits per heavy atom. The van der Waals surface area contributed by atoms with E-state index < -0.39 is 11.7 Å². The van der Waals surface area contributed by atoms with Crippen LogP contribution in [0.25, 0.3) is 0 Å². The molecule has 2 N–H and O–H groups in total. The maximum atomic E-state index is 14.0. The zero-order chi connectivity index (χ0) is 22.8. The Morgan fingerprint density at radius 3 is 2.41 bits per heavy atom. The van der Waals surface area contributed by atoms with Crippen LogP contribution in [0.4, 0.5) is 14.5 Å². The van der Waals surface area contributed by atoms with E-state index in [1.807, 2.05) is 6.07 Å². The molecule has 1 saturated heterocycles. The van der Waals surface area contributed by atoms with Gasteiger partial charge < -0.3 is 20.3 Å². The Hall–Kier alpha value is -3.86. The fraction of sp³-hybridized carbons (Fsp3) is 0.250. The largest absolute Gasteiger partial charge is 0.445 e. The first-order valence-corrected chi connectivity index (χ1v) is 10.2. The summed E-state index contributed by atoms with van der Waals surface area (Å²) in [6.45, 7) is 3.62. The maximum Gasteiger partial charge on any atom is 0.254 e. The molecule has 0 saturated carbocycles. The van der Waals surface area contributed by atoms with E-state index in [1.165, 1.54) is 30.3 Å². The molecule has 0 aliphatic carbocycles. The van der Waals surface area contributed by atoms with Gasteiger partial charge in [-0.25, -0.2) is 8.78 Å². The van der Waals surface area contributed by atoms with E-state index in [1.54, 1.807) is 30.0 Å². The average molecular weight is 436 g/mol. The van der Waals surface area contributed by atoms with Gasteiger partial charge in [-0.1, -0.05) is 12.1 Å². The summed E-state index contributed by atoms with van der Waals surface area (Å²) in [7, 11) is 0. The number of allylic oxidation sites excluding steroid dienone is 2. The van der Waals surface area contributed by atoms with Crippen molar-refractivity contribution in [3.05, 3.63) is 88.5 Å². The Morgan fingerprint density at radius 2 is 1.78 bits per heavy atom. The lowest BCUT2D eigenvalue weighted by Crippen LogP contribution is -2.50. The third-order valence-electron chi connectivity index (χ3n) is 5.78. The van der Waals surface area contributed by atoms with Gasteiger partial charge >= 0.3 is 0 Å². The molecule has 8 heteroatoms. The third-order valence-corrected chi connectivity index (χ3v) is 5.78. The van der Waals surface area contributed by atoms with Gasteiger partial charge in [0.2, 0.25) is 5.88 Å². The van der Waals surface area contributed by atoms with E-state index in [-0.39, 0.29) is 28.8 Å². The summed E-state index contributed by atoms with van der Waals surface area (Å²) >= 11 is 0. The number of halogens is 2. The molecule has 1 amide bonds. The molecule has 0 radical (unpaired) electrons. The van der Waals surface area contributed by atoms with Gasteiger partial charge in [-0.15, -0.1) is 0 Å². The van der Waals surface area contributed by atoms with Gasteiger partial charge in [0.05, 0.1) is 11.5 Å². The van der Waals surface area contributed by atoms with Crippen molar-refractivity contribution in [2.24, 2.45) is 5.73 Å². The second-order valence-corrected chi connectivity index (χ2v) is 7.71. The van der Waals surface area contributed by atoms with E-state index in [0.29, 0.717) is 37.5 Å². The van der Waals surface area contributed by atoms with Crippen molar-refractivity contribution in [1.29, 1.82) is 5.26 Å². The predicted molar refractivity (Wildman–Crippen MR) is 115 cm³/mol. The normalized spacial score (nSPS) is 19.0. The lowest BCUT2D eigenvalue weighted by Gasteiger charge is -2.38. The summed E-state index contributed by atoms with van der Waals surface area (Å²) in [6, 6.07) is 14.1. The molecule has 0 bridgehead atoms. The van der Waals surface area contributed by atoms with Crippen LogP contribution in [-0.2, 0) is 9.53 Å². The number of nitrogens with two attached hydrogens (primary N) is 1. The molecule has 2 aromatic rings. The summed E-state index contributed by atoms with van der Waals surface area (Å²) in [6.07, 6.45) is 0. The van der Waals surface area contributed by atoms with Gasteiger partial charge in [0.1, 0.15) is 29.0 Å². The van der Waals surface area contributed by atoms with E-state index in [0.717, 1.165) is 5.69 Å². The Bertz CT molecular complexity index is 1140. The first-order chi connectivity index (χ1) is 15.4. The molecule has 0 aromatic heterocycles. The van der Waals surface area contributed by atoms with Crippen LogP contribution in [0.5, 0.6) is 0 Å². The van der Waals surface area contributed by atoms with E-state index in [4.69, 9.17) is 10.5 Å². The number of anilines is 1. The van der Waals surface area contributed by atoms with Crippen molar-refractivity contribution in [1.82, 2.24) is 4.90 Å². The minimum atomic E-state index is -0.813. The molecule has 2 aliphatic rings. The molecule has 1 fully saturated rings. The van der Waals surface area contributed by atoms with Gasteiger partial charge in [0.15, 0.2) is 0 Å². The van der Waals surface area contributed by atoms with Gasteiger partial charge in [-0.2, -0.15) is 5.26 Å². The van der Waals surface area contributed by atoms with Crippen molar-refractivity contribution in [2.75, 3.05) is 31.1 Å². The summed E-state index contributed by atoms with van der Waals surface area (Å²) in [5, 5.41) is 9.70. The molecule has 6 nitrogen and oxygen atoms in total. The molecular weight excluding hydrogens is 414 g/mol. The molecule has 1 unspecified atom stereocenters. The summed E-state index contributed by atoms with van der Waals surface area (Å²) in [5.41, 5.74) is 7.62. The van der Waals surface area contributed by atoms with Crippen LogP contribution in [0.1, 0.15) is 18.4 Å². The first kappa shape index (κ1) is 21.4. The maximum absolute atomic E-state index is 14.0. The average Bonchev–Trinajstić information content (AvgIpc) is 2.79. The van der Waals surface area contributed by atoms with Gasteiger partial charge in [-0.3, -0.25) is 4.79 Å². The lowest BCUT2D eigenvalue weighted by atomic mass is 9.82. The van der Waals surface area contributed by atoms with Crippen LogP contribution in [-0.4, -0.2) is 37.0 Å². The highest BCUT2D eigenvalue weighted by molar-refractivity contribution is 5.97. The van der Waals surface area contributed by atoms with Crippen LogP contribution in [0.3, 0.4) is 0 Å². The number of nitriles is 1. The highest BCUT2D eigenvalue weighted by Gasteiger charge is 2.38. The smallest absolute Gasteiger partial charge is 0.254 e. The summed E-state index contributed by atoms with van der Waals surface area (Å²) < 4.78 is 32.7. The zero-order valence-corrected chi connectivity index (χ0v) is 17.5.